The minimum atomic E-state index is -0.479. The smallest absolute Gasteiger partial charge is 0.229 e. The van der Waals surface area contributed by atoms with Gasteiger partial charge in [-0.3, -0.25) is 24.4 Å². The molecule has 4 rings (SSSR count). The number of anilines is 3. The molecule has 8 nitrogen and oxygen atoms in total. The average Bonchev–Trinajstić information content (AvgIpc) is 3.25. The average molecular weight is 377 g/mol. The molecule has 0 saturated carbocycles. The summed E-state index contributed by atoms with van der Waals surface area (Å²) in [5.41, 5.74) is 2.00. The molecule has 2 aromatic carbocycles. The first-order valence-corrected chi connectivity index (χ1v) is 8.93. The Morgan fingerprint density at radius 1 is 1.11 bits per heavy atom. The molecule has 142 valence electrons. The van der Waals surface area contributed by atoms with Gasteiger partial charge in [0.15, 0.2) is 5.82 Å². The van der Waals surface area contributed by atoms with E-state index < -0.39 is 5.92 Å². The maximum atomic E-state index is 12.7. The van der Waals surface area contributed by atoms with Crippen molar-refractivity contribution in [1.29, 1.82) is 0 Å². The first-order chi connectivity index (χ1) is 13.5. The van der Waals surface area contributed by atoms with Gasteiger partial charge in [0.05, 0.1) is 11.4 Å². The van der Waals surface area contributed by atoms with E-state index in [-0.39, 0.29) is 30.7 Å². The molecule has 3 aromatic rings. The fraction of sp³-hybridized carbons (Fsp3) is 0.200. The summed E-state index contributed by atoms with van der Waals surface area (Å²) in [5.74, 6) is -0.497. The molecule has 0 unspecified atom stereocenters. The summed E-state index contributed by atoms with van der Waals surface area (Å²) in [6, 6.07) is 14.4. The molecular formula is C20H19N5O3. The van der Waals surface area contributed by atoms with E-state index in [1.807, 2.05) is 24.3 Å². The van der Waals surface area contributed by atoms with Gasteiger partial charge >= 0.3 is 0 Å². The van der Waals surface area contributed by atoms with E-state index in [9.17, 15) is 14.4 Å². The molecule has 0 radical (unpaired) electrons. The zero-order chi connectivity index (χ0) is 19.7. The third-order valence-electron chi connectivity index (χ3n) is 4.65. The van der Waals surface area contributed by atoms with Crippen LogP contribution in [0.4, 0.5) is 17.2 Å². The maximum absolute atomic E-state index is 12.7. The highest BCUT2D eigenvalue weighted by molar-refractivity contribution is 6.07. The number of amides is 3. The SMILES string of the molecule is CC(=O)Nc1cccc(NC(=O)[C@H]2CC(=O)N(c3n[nH]c4ccccc34)C2)c1. The van der Waals surface area contributed by atoms with Crippen molar-refractivity contribution in [3.63, 3.8) is 0 Å². The Morgan fingerprint density at radius 3 is 2.64 bits per heavy atom. The lowest BCUT2D eigenvalue weighted by molar-refractivity contribution is -0.122. The lowest BCUT2D eigenvalue weighted by atomic mass is 10.1. The van der Waals surface area contributed by atoms with Crippen LogP contribution in [0.3, 0.4) is 0 Å². The second-order valence-electron chi connectivity index (χ2n) is 6.75. The molecule has 28 heavy (non-hydrogen) atoms. The topological polar surface area (TPSA) is 107 Å². The Labute approximate surface area is 160 Å². The Hall–Kier alpha value is -3.68. The van der Waals surface area contributed by atoms with Crippen LogP contribution in [0.15, 0.2) is 48.5 Å². The third kappa shape index (κ3) is 3.44. The number of aromatic amines is 1. The Balaban J connectivity index is 1.48. The summed E-state index contributed by atoms with van der Waals surface area (Å²) in [4.78, 5) is 37.9. The van der Waals surface area contributed by atoms with Gasteiger partial charge in [0.1, 0.15) is 0 Å². The van der Waals surface area contributed by atoms with Crippen LogP contribution in [0.5, 0.6) is 0 Å². The number of hydrogen-bond acceptors (Lipinski definition) is 4. The number of rotatable bonds is 4. The summed E-state index contributed by atoms with van der Waals surface area (Å²) in [6.45, 7) is 1.69. The number of aromatic nitrogens is 2. The van der Waals surface area contributed by atoms with Crippen molar-refractivity contribution in [2.75, 3.05) is 22.1 Å². The Kier molecular flexibility index (Phi) is 4.52. The standard InChI is InChI=1S/C20H19N5O3/c1-12(26)21-14-5-4-6-15(10-14)22-20(28)13-9-18(27)25(11-13)19-16-7-2-3-8-17(16)23-24-19/h2-8,10,13H,9,11H2,1H3,(H,21,26)(H,22,28)(H,23,24)/t13-/m0/s1. The van der Waals surface area contributed by atoms with Gasteiger partial charge in [-0.2, -0.15) is 5.10 Å². The summed E-state index contributed by atoms with van der Waals surface area (Å²) < 4.78 is 0. The zero-order valence-corrected chi connectivity index (χ0v) is 15.2. The number of H-pyrrole nitrogens is 1. The van der Waals surface area contributed by atoms with Crippen LogP contribution in [-0.4, -0.2) is 34.5 Å². The predicted molar refractivity (Wildman–Crippen MR) is 106 cm³/mol. The lowest BCUT2D eigenvalue weighted by Gasteiger charge is -2.14. The second kappa shape index (κ2) is 7.15. The third-order valence-corrected chi connectivity index (χ3v) is 4.65. The van der Waals surface area contributed by atoms with E-state index in [1.165, 1.54) is 6.92 Å². The van der Waals surface area contributed by atoms with E-state index in [4.69, 9.17) is 0 Å². The minimum absolute atomic E-state index is 0.123. The van der Waals surface area contributed by atoms with Gasteiger partial charge in [0, 0.05) is 36.7 Å². The number of para-hydroxylation sites is 1. The molecule has 0 spiro atoms. The minimum Gasteiger partial charge on any atom is -0.326 e. The molecule has 2 heterocycles. The molecule has 1 aromatic heterocycles. The molecule has 0 bridgehead atoms. The molecule has 8 heteroatoms. The van der Waals surface area contributed by atoms with Crippen LogP contribution in [-0.2, 0) is 14.4 Å². The normalized spacial score (nSPS) is 16.4. The van der Waals surface area contributed by atoms with E-state index in [0.29, 0.717) is 17.2 Å². The van der Waals surface area contributed by atoms with Crippen molar-refractivity contribution in [3.05, 3.63) is 48.5 Å². The number of hydrogen-bond donors (Lipinski definition) is 3. The Morgan fingerprint density at radius 2 is 1.86 bits per heavy atom. The summed E-state index contributed by atoms with van der Waals surface area (Å²) in [6.07, 6.45) is 0.123. The van der Waals surface area contributed by atoms with Crippen LogP contribution < -0.4 is 15.5 Å². The number of benzene rings is 2. The van der Waals surface area contributed by atoms with Crippen LogP contribution in [0.1, 0.15) is 13.3 Å². The quantitative estimate of drug-likeness (QED) is 0.649. The fourth-order valence-corrected chi connectivity index (χ4v) is 3.36. The Bertz CT molecular complexity index is 1070. The van der Waals surface area contributed by atoms with Crippen molar-refractivity contribution in [2.45, 2.75) is 13.3 Å². The van der Waals surface area contributed by atoms with Crippen LogP contribution in [0.25, 0.3) is 10.9 Å². The summed E-state index contributed by atoms with van der Waals surface area (Å²) in [5, 5.41) is 13.5. The van der Waals surface area contributed by atoms with Crippen LogP contribution >= 0.6 is 0 Å². The molecule has 1 saturated heterocycles. The first kappa shape index (κ1) is 17.7. The molecule has 3 N–H and O–H groups in total. The van der Waals surface area contributed by atoms with Crippen LogP contribution in [0, 0.1) is 5.92 Å². The van der Waals surface area contributed by atoms with Crippen molar-refractivity contribution in [3.8, 4) is 0 Å². The summed E-state index contributed by atoms with van der Waals surface area (Å²) >= 11 is 0. The number of carbonyl (C=O) groups is 3. The summed E-state index contributed by atoms with van der Waals surface area (Å²) in [7, 11) is 0. The van der Waals surface area contributed by atoms with E-state index in [2.05, 4.69) is 20.8 Å². The van der Waals surface area contributed by atoms with Gasteiger partial charge in [-0.25, -0.2) is 0 Å². The van der Waals surface area contributed by atoms with Crippen molar-refractivity contribution in [2.24, 2.45) is 5.92 Å². The number of nitrogens with one attached hydrogen (secondary N) is 3. The molecule has 1 aliphatic heterocycles. The molecular weight excluding hydrogens is 358 g/mol. The highest BCUT2D eigenvalue weighted by Gasteiger charge is 2.36. The maximum Gasteiger partial charge on any atom is 0.229 e. The van der Waals surface area contributed by atoms with E-state index in [1.54, 1.807) is 29.2 Å². The molecule has 1 fully saturated rings. The number of nitrogens with zero attached hydrogens (tertiary/aromatic N) is 2. The fourth-order valence-electron chi connectivity index (χ4n) is 3.36. The van der Waals surface area contributed by atoms with Crippen molar-refractivity contribution in [1.82, 2.24) is 10.2 Å². The van der Waals surface area contributed by atoms with Gasteiger partial charge in [-0.15, -0.1) is 0 Å². The number of carbonyl (C=O) groups excluding carboxylic acids is 3. The first-order valence-electron chi connectivity index (χ1n) is 8.93. The van der Waals surface area contributed by atoms with E-state index >= 15 is 0 Å². The molecule has 3 amide bonds. The zero-order valence-electron chi connectivity index (χ0n) is 15.2. The molecule has 0 aliphatic carbocycles. The van der Waals surface area contributed by atoms with Crippen LogP contribution in [0.2, 0.25) is 0 Å². The molecule has 1 atom stereocenters. The highest BCUT2D eigenvalue weighted by Crippen LogP contribution is 2.30. The lowest BCUT2D eigenvalue weighted by Crippen LogP contribution is -2.28. The van der Waals surface area contributed by atoms with Gasteiger partial charge in [0.2, 0.25) is 17.7 Å². The van der Waals surface area contributed by atoms with Gasteiger partial charge < -0.3 is 10.6 Å². The largest absolute Gasteiger partial charge is 0.326 e. The van der Waals surface area contributed by atoms with Gasteiger partial charge in [-0.1, -0.05) is 18.2 Å². The van der Waals surface area contributed by atoms with Gasteiger partial charge in [-0.05, 0) is 30.3 Å². The number of fused-ring (bicyclic) bond motifs is 1. The second-order valence-corrected chi connectivity index (χ2v) is 6.75. The molecule has 1 aliphatic rings. The van der Waals surface area contributed by atoms with E-state index in [0.717, 1.165) is 10.9 Å². The van der Waals surface area contributed by atoms with Crippen molar-refractivity contribution >= 4 is 45.8 Å². The van der Waals surface area contributed by atoms with Gasteiger partial charge in [0.25, 0.3) is 0 Å². The monoisotopic (exact) mass is 377 g/mol. The highest BCUT2D eigenvalue weighted by atomic mass is 16.2. The predicted octanol–water partition coefficient (Wildman–Crippen LogP) is 2.51. The van der Waals surface area contributed by atoms with Crippen molar-refractivity contribution < 1.29 is 14.4 Å².